The molecule has 4 N–H and O–H groups in total. The Morgan fingerprint density at radius 1 is 1.27 bits per heavy atom. The lowest BCUT2D eigenvalue weighted by Crippen LogP contribution is -2.40. The third kappa shape index (κ3) is 3.92. The number of nitrogens with two attached hydrogens (primary N) is 2. The molecule has 10 nitrogen and oxygen atoms in total. The highest BCUT2D eigenvalue weighted by Gasteiger charge is 2.22. The van der Waals surface area contributed by atoms with Gasteiger partial charge in [0.15, 0.2) is 11.2 Å². The van der Waals surface area contributed by atoms with Gasteiger partial charge in [-0.3, -0.25) is 23.5 Å². The van der Waals surface area contributed by atoms with Crippen LogP contribution in [0.4, 0.5) is 11.6 Å². The monoisotopic (exact) mass is 410 g/mol. The topological polar surface area (TPSA) is 130 Å². The fourth-order valence-corrected chi connectivity index (χ4v) is 3.30. The molecule has 1 atom stereocenters. The zero-order valence-corrected chi connectivity index (χ0v) is 17.6. The minimum absolute atomic E-state index is 0.0252. The summed E-state index contributed by atoms with van der Waals surface area (Å²) in [4.78, 5) is 36.9. The lowest BCUT2D eigenvalue weighted by atomic mass is 10.3. The summed E-state index contributed by atoms with van der Waals surface area (Å²) in [6.45, 7) is 4.43. The van der Waals surface area contributed by atoms with Gasteiger partial charge >= 0.3 is 5.69 Å². The standard InChI is InChI=1S/C20H26N8O2/c1-5-6-9-27-16-17(24-19(27)25(3)11-13(2)21)26(4)20(30)28(18(16)29)12-15-8-7-14(22)10-23-15/h7-8,10,13H,9,11-12,21-22H2,1-4H3. The van der Waals surface area contributed by atoms with Gasteiger partial charge in [0.2, 0.25) is 5.95 Å². The fraction of sp³-hybridized carbons (Fsp3) is 0.400. The molecule has 3 rings (SSSR count). The molecule has 0 aromatic carbocycles. The molecule has 0 fully saturated rings. The van der Waals surface area contributed by atoms with Crippen molar-refractivity contribution in [2.45, 2.75) is 33.0 Å². The Balaban J connectivity index is 2.25. The predicted octanol–water partition coefficient (Wildman–Crippen LogP) is -0.271. The second kappa shape index (κ2) is 8.42. The van der Waals surface area contributed by atoms with Gasteiger partial charge in [-0.15, -0.1) is 5.92 Å². The van der Waals surface area contributed by atoms with Crippen molar-refractivity contribution in [2.75, 3.05) is 24.2 Å². The molecule has 0 saturated heterocycles. The molecule has 0 amide bonds. The van der Waals surface area contributed by atoms with Crippen LogP contribution in [0.2, 0.25) is 0 Å². The van der Waals surface area contributed by atoms with Crippen molar-refractivity contribution in [3.8, 4) is 11.8 Å². The zero-order valence-electron chi connectivity index (χ0n) is 17.6. The molecule has 0 spiro atoms. The zero-order chi connectivity index (χ0) is 22.0. The number of fused-ring (bicyclic) bond motifs is 1. The number of hydrogen-bond acceptors (Lipinski definition) is 7. The van der Waals surface area contributed by atoms with Crippen LogP contribution in [-0.2, 0) is 20.1 Å². The SMILES string of the molecule is CC#CCn1c(N(C)CC(C)N)nc2c1c(=O)n(Cc1ccc(N)cn1)c(=O)n2C. The van der Waals surface area contributed by atoms with Crippen molar-refractivity contribution in [1.29, 1.82) is 0 Å². The third-order valence-corrected chi connectivity index (χ3v) is 4.70. The van der Waals surface area contributed by atoms with E-state index in [1.54, 1.807) is 30.7 Å². The number of aryl methyl sites for hydroxylation is 1. The summed E-state index contributed by atoms with van der Waals surface area (Å²) in [5.74, 6) is 6.35. The number of pyridine rings is 1. The van der Waals surface area contributed by atoms with Crippen molar-refractivity contribution >= 4 is 22.8 Å². The summed E-state index contributed by atoms with van der Waals surface area (Å²) in [5, 5.41) is 0. The number of rotatable bonds is 6. The number of imidazole rings is 1. The fourth-order valence-electron chi connectivity index (χ4n) is 3.30. The van der Waals surface area contributed by atoms with Crippen LogP contribution >= 0.6 is 0 Å². The first-order chi connectivity index (χ1) is 14.2. The van der Waals surface area contributed by atoms with Crippen LogP contribution in [0.15, 0.2) is 27.9 Å². The predicted molar refractivity (Wildman–Crippen MR) is 117 cm³/mol. The van der Waals surface area contributed by atoms with Gasteiger partial charge < -0.3 is 16.4 Å². The molecule has 30 heavy (non-hydrogen) atoms. The van der Waals surface area contributed by atoms with Crippen LogP contribution in [0.25, 0.3) is 11.2 Å². The van der Waals surface area contributed by atoms with Gasteiger partial charge in [0, 0.05) is 26.7 Å². The first kappa shape index (κ1) is 21.1. The smallest absolute Gasteiger partial charge is 0.332 e. The van der Waals surface area contributed by atoms with E-state index in [2.05, 4.69) is 21.8 Å². The van der Waals surface area contributed by atoms with E-state index >= 15 is 0 Å². The molecule has 0 bridgehead atoms. The van der Waals surface area contributed by atoms with Crippen LogP contribution in [0.1, 0.15) is 19.5 Å². The lowest BCUT2D eigenvalue weighted by Gasteiger charge is -2.20. The van der Waals surface area contributed by atoms with Crippen LogP contribution < -0.4 is 27.6 Å². The Morgan fingerprint density at radius 2 is 2.00 bits per heavy atom. The lowest BCUT2D eigenvalue weighted by molar-refractivity contribution is 0.644. The van der Waals surface area contributed by atoms with Crippen molar-refractivity contribution in [1.82, 2.24) is 23.7 Å². The van der Waals surface area contributed by atoms with Crippen LogP contribution in [-0.4, -0.2) is 43.3 Å². The van der Waals surface area contributed by atoms with E-state index in [0.717, 1.165) is 4.57 Å². The molecular weight excluding hydrogens is 384 g/mol. The maximum absolute atomic E-state index is 13.4. The molecule has 10 heteroatoms. The van der Waals surface area contributed by atoms with E-state index in [1.165, 1.54) is 10.8 Å². The molecule has 0 aliphatic carbocycles. The van der Waals surface area contributed by atoms with Gasteiger partial charge in [-0.25, -0.2) is 4.79 Å². The second-order valence-corrected chi connectivity index (χ2v) is 7.27. The van der Waals surface area contributed by atoms with Crippen LogP contribution in [0.3, 0.4) is 0 Å². The highest BCUT2D eigenvalue weighted by atomic mass is 16.2. The number of anilines is 2. The Hall–Kier alpha value is -3.58. The molecule has 1 unspecified atom stereocenters. The van der Waals surface area contributed by atoms with Crippen LogP contribution in [0.5, 0.6) is 0 Å². The molecule has 158 valence electrons. The van der Waals surface area contributed by atoms with Crippen molar-refractivity contribution < 1.29 is 0 Å². The normalized spacial score (nSPS) is 11.9. The summed E-state index contributed by atoms with van der Waals surface area (Å²) in [6.07, 6.45) is 1.49. The molecule has 0 radical (unpaired) electrons. The van der Waals surface area contributed by atoms with Crippen molar-refractivity contribution in [2.24, 2.45) is 12.8 Å². The van der Waals surface area contributed by atoms with Gasteiger partial charge in [-0.1, -0.05) is 5.92 Å². The van der Waals surface area contributed by atoms with Crippen molar-refractivity contribution in [3.05, 3.63) is 44.9 Å². The quantitative estimate of drug-likeness (QED) is 0.535. The average molecular weight is 410 g/mol. The van der Waals surface area contributed by atoms with Gasteiger partial charge in [0.1, 0.15) is 0 Å². The second-order valence-electron chi connectivity index (χ2n) is 7.27. The number of hydrogen-bond donors (Lipinski definition) is 2. The van der Waals surface area contributed by atoms with Gasteiger partial charge in [-0.05, 0) is 26.0 Å². The van der Waals surface area contributed by atoms with E-state index in [-0.39, 0.29) is 19.1 Å². The Morgan fingerprint density at radius 3 is 2.60 bits per heavy atom. The van der Waals surface area contributed by atoms with Crippen molar-refractivity contribution in [3.63, 3.8) is 0 Å². The Kier molecular flexibility index (Phi) is 5.94. The molecule has 3 heterocycles. The number of likely N-dealkylation sites (N-methyl/N-ethyl adjacent to an activating group) is 1. The molecule has 0 aliphatic heterocycles. The average Bonchev–Trinajstić information content (AvgIpc) is 3.08. The number of nitrogen functional groups attached to an aromatic ring is 1. The van der Waals surface area contributed by atoms with E-state index in [4.69, 9.17) is 11.5 Å². The molecule has 0 saturated carbocycles. The highest BCUT2D eigenvalue weighted by Crippen LogP contribution is 2.18. The molecule has 0 aliphatic rings. The first-order valence-corrected chi connectivity index (χ1v) is 9.51. The highest BCUT2D eigenvalue weighted by molar-refractivity contribution is 5.74. The van der Waals surface area contributed by atoms with Gasteiger partial charge in [0.25, 0.3) is 5.56 Å². The maximum Gasteiger partial charge on any atom is 0.332 e. The van der Waals surface area contributed by atoms with E-state index in [1.807, 2.05) is 18.9 Å². The first-order valence-electron chi connectivity index (χ1n) is 9.51. The molecule has 3 aromatic heterocycles. The van der Waals surface area contributed by atoms with E-state index in [9.17, 15) is 9.59 Å². The van der Waals surface area contributed by atoms with Gasteiger partial charge in [0.05, 0.1) is 30.7 Å². The van der Waals surface area contributed by atoms with Gasteiger partial charge in [-0.2, -0.15) is 4.98 Å². The number of aromatic nitrogens is 5. The summed E-state index contributed by atoms with van der Waals surface area (Å²) >= 11 is 0. The molecular formula is C20H26N8O2. The summed E-state index contributed by atoms with van der Waals surface area (Å²) in [5.41, 5.74) is 12.4. The summed E-state index contributed by atoms with van der Waals surface area (Å²) in [6, 6.07) is 3.27. The maximum atomic E-state index is 13.4. The molecule has 3 aromatic rings. The Bertz CT molecular complexity index is 1240. The van der Waals surface area contributed by atoms with Crippen LogP contribution in [0, 0.1) is 11.8 Å². The summed E-state index contributed by atoms with van der Waals surface area (Å²) < 4.78 is 4.24. The third-order valence-electron chi connectivity index (χ3n) is 4.70. The summed E-state index contributed by atoms with van der Waals surface area (Å²) in [7, 11) is 3.44. The van der Waals surface area contributed by atoms with E-state index in [0.29, 0.717) is 35.0 Å². The minimum atomic E-state index is -0.473. The van der Waals surface area contributed by atoms with E-state index < -0.39 is 11.2 Å². The number of nitrogens with zero attached hydrogens (tertiary/aromatic N) is 6. The Labute approximate surface area is 173 Å². The largest absolute Gasteiger partial charge is 0.397 e. The minimum Gasteiger partial charge on any atom is -0.397 e.